The Morgan fingerprint density at radius 2 is 1.92 bits per heavy atom. The van der Waals surface area contributed by atoms with E-state index in [1.165, 1.54) is 23.5 Å². The number of rotatable bonds is 5. The SMILES string of the molecule is O=C(Nc1ccc(-c2cccs2)cc1[N+](=O)[O-])OCc1ccccc1. The van der Waals surface area contributed by atoms with Crippen molar-refractivity contribution >= 4 is 28.8 Å². The molecule has 0 saturated carbocycles. The molecule has 0 atom stereocenters. The molecule has 7 heteroatoms. The van der Waals surface area contributed by atoms with Crippen molar-refractivity contribution in [1.29, 1.82) is 0 Å². The Labute approximate surface area is 147 Å². The van der Waals surface area contributed by atoms with E-state index in [4.69, 9.17) is 4.74 Å². The average Bonchev–Trinajstić information content (AvgIpc) is 3.16. The van der Waals surface area contributed by atoms with E-state index in [2.05, 4.69) is 5.32 Å². The zero-order valence-electron chi connectivity index (χ0n) is 13.0. The largest absolute Gasteiger partial charge is 0.444 e. The molecule has 0 aliphatic heterocycles. The molecule has 6 nitrogen and oxygen atoms in total. The second-order valence-electron chi connectivity index (χ2n) is 5.15. The third-order valence-electron chi connectivity index (χ3n) is 3.45. The van der Waals surface area contributed by atoms with Crippen LogP contribution in [0.4, 0.5) is 16.2 Å². The number of anilines is 1. The molecule has 0 unspecified atom stereocenters. The van der Waals surface area contributed by atoms with Crippen molar-refractivity contribution in [3.05, 3.63) is 81.7 Å². The van der Waals surface area contributed by atoms with Gasteiger partial charge in [0, 0.05) is 10.9 Å². The molecular formula is C18H14N2O4S. The maximum Gasteiger partial charge on any atom is 0.412 e. The van der Waals surface area contributed by atoms with E-state index in [1.807, 2.05) is 47.8 Å². The maximum atomic E-state index is 11.9. The first-order chi connectivity index (χ1) is 12.1. The van der Waals surface area contributed by atoms with Crippen LogP contribution in [0.1, 0.15) is 5.56 Å². The van der Waals surface area contributed by atoms with E-state index < -0.39 is 11.0 Å². The topological polar surface area (TPSA) is 81.5 Å². The summed E-state index contributed by atoms with van der Waals surface area (Å²) in [5.41, 5.74) is 1.48. The standard InChI is InChI=1S/C18H14N2O4S/c21-18(24-12-13-5-2-1-3-6-13)19-15-9-8-14(11-16(15)20(22)23)17-7-4-10-25-17/h1-11H,12H2,(H,19,21). The first-order valence-electron chi connectivity index (χ1n) is 7.43. The number of amides is 1. The third kappa shape index (κ3) is 4.21. The lowest BCUT2D eigenvalue weighted by molar-refractivity contribution is -0.383. The van der Waals surface area contributed by atoms with Crippen molar-refractivity contribution in [2.24, 2.45) is 0 Å². The molecule has 3 rings (SSSR count). The van der Waals surface area contributed by atoms with Gasteiger partial charge in [0.05, 0.1) is 4.92 Å². The van der Waals surface area contributed by atoms with Crippen molar-refractivity contribution < 1.29 is 14.5 Å². The summed E-state index contributed by atoms with van der Waals surface area (Å²) in [6.07, 6.45) is -0.740. The number of hydrogen-bond donors (Lipinski definition) is 1. The van der Waals surface area contributed by atoms with E-state index in [0.29, 0.717) is 0 Å². The number of nitrogens with zero attached hydrogens (tertiary/aromatic N) is 1. The van der Waals surface area contributed by atoms with E-state index in [-0.39, 0.29) is 18.0 Å². The van der Waals surface area contributed by atoms with Gasteiger partial charge in [-0.15, -0.1) is 11.3 Å². The first kappa shape index (κ1) is 16.7. The van der Waals surface area contributed by atoms with Crippen LogP contribution in [0.3, 0.4) is 0 Å². The smallest absolute Gasteiger partial charge is 0.412 e. The predicted molar refractivity (Wildman–Crippen MR) is 96.7 cm³/mol. The summed E-state index contributed by atoms with van der Waals surface area (Å²) in [6, 6.07) is 17.6. The van der Waals surface area contributed by atoms with Gasteiger partial charge < -0.3 is 4.74 Å². The van der Waals surface area contributed by atoms with Crippen LogP contribution in [0, 0.1) is 10.1 Å². The van der Waals surface area contributed by atoms with Crippen molar-refractivity contribution in [2.45, 2.75) is 6.61 Å². The van der Waals surface area contributed by atoms with Crippen LogP contribution in [0.15, 0.2) is 66.0 Å². The van der Waals surface area contributed by atoms with E-state index in [0.717, 1.165) is 16.0 Å². The van der Waals surface area contributed by atoms with Crippen molar-refractivity contribution in [1.82, 2.24) is 0 Å². The third-order valence-corrected chi connectivity index (χ3v) is 4.37. The molecule has 1 amide bonds. The van der Waals surface area contributed by atoms with Crippen molar-refractivity contribution in [3.8, 4) is 10.4 Å². The minimum absolute atomic E-state index is 0.0910. The monoisotopic (exact) mass is 354 g/mol. The van der Waals surface area contributed by atoms with Crippen LogP contribution < -0.4 is 5.32 Å². The molecule has 1 N–H and O–H groups in total. The molecule has 0 fully saturated rings. The van der Waals surface area contributed by atoms with Gasteiger partial charge in [-0.1, -0.05) is 42.5 Å². The van der Waals surface area contributed by atoms with Crippen LogP contribution >= 0.6 is 11.3 Å². The number of nitro groups is 1. The quantitative estimate of drug-likeness (QED) is 0.512. The van der Waals surface area contributed by atoms with Gasteiger partial charge in [0.1, 0.15) is 12.3 Å². The lowest BCUT2D eigenvalue weighted by Crippen LogP contribution is -2.14. The van der Waals surface area contributed by atoms with Crippen LogP contribution in [0.25, 0.3) is 10.4 Å². The second-order valence-corrected chi connectivity index (χ2v) is 6.10. The van der Waals surface area contributed by atoms with E-state index in [9.17, 15) is 14.9 Å². The number of carbonyl (C=O) groups is 1. The number of nitro benzene ring substituents is 1. The fraction of sp³-hybridized carbons (Fsp3) is 0.0556. The Bertz CT molecular complexity index is 879. The van der Waals surface area contributed by atoms with Gasteiger partial charge in [-0.25, -0.2) is 4.79 Å². The molecule has 0 aliphatic rings. The summed E-state index contributed by atoms with van der Waals surface area (Å²) in [7, 11) is 0. The lowest BCUT2D eigenvalue weighted by Gasteiger charge is -2.08. The second kappa shape index (κ2) is 7.59. The Balaban J connectivity index is 1.73. The highest BCUT2D eigenvalue weighted by molar-refractivity contribution is 7.13. The molecule has 1 aromatic heterocycles. The zero-order valence-corrected chi connectivity index (χ0v) is 13.9. The molecule has 126 valence electrons. The van der Waals surface area contributed by atoms with Crippen LogP contribution in [-0.2, 0) is 11.3 Å². The fourth-order valence-corrected chi connectivity index (χ4v) is 2.98. The molecule has 2 aromatic carbocycles. The van der Waals surface area contributed by atoms with Gasteiger partial charge in [0.2, 0.25) is 0 Å². The molecule has 0 spiro atoms. The lowest BCUT2D eigenvalue weighted by atomic mass is 10.1. The predicted octanol–water partition coefficient (Wildman–Crippen LogP) is 5.07. The molecule has 0 radical (unpaired) electrons. The summed E-state index contributed by atoms with van der Waals surface area (Å²) < 4.78 is 5.10. The van der Waals surface area contributed by atoms with E-state index in [1.54, 1.807) is 6.07 Å². The molecule has 0 aliphatic carbocycles. The normalized spacial score (nSPS) is 10.2. The molecule has 25 heavy (non-hydrogen) atoms. The zero-order chi connectivity index (χ0) is 17.6. The highest BCUT2D eigenvalue weighted by Crippen LogP contribution is 2.32. The van der Waals surface area contributed by atoms with Gasteiger partial charge in [-0.05, 0) is 28.6 Å². The number of nitrogens with one attached hydrogen (secondary N) is 1. The van der Waals surface area contributed by atoms with Gasteiger partial charge in [-0.3, -0.25) is 15.4 Å². The van der Waals surface area contributed by atoms with Gasteiger partial charge in [-0.2, -0.15) is 0 Å². The summed E-state index contributed by atoms with van der Waals surface area (Å²) in [5.74, 6) is 0. The summed E-state index contributed by atoms with van der Waals surface area (Å²) in [4.78, 5) is 23.6. The van der Waals surface area contributed by atoms with E-state index >= 15 is 0 Å². The molecular weight excluding hydrogens is 340 g/mol. The Hall–Kier alpha value is -3.19. The molecule has 1 heterocycles. The maximum absolute atomic E-state index is 11.9. The summed E-state index contributed by atoms with van der Waals surface area (Å²) in [6.45, 7) is 0.0910. The number of thiophene rings is 1. The summed E-state index contributed by atoms with van der Waals surface area (Å²) in [5, 5.41) is 15.7. The highest BCUT2D eigenvalue weighted by atomic mass is 32.1. The average molecular weight is 354 g/mol. The summed E-state index contributed by atoms with van der Waals surface area (Å²) >= 11 is 1.49. The minimum atomic E-state index is -0.740. The number of carbonyl (C=O) groups excluding carboxylic acids is 1. The Morgan fingerprint density at radius 3 is 2.60 bits per heavy atom. The molecule has 0 bridgehead atoms. The van der Waals surface area contributed by atoms with Crippen molar-refractivity contribution in [3.63, 3.8) is 0 Å². The van der Waals surface area contributed by atoms with Gasteiger partial charge in [0.15, 0.2) is 0 Å². The number of benzene rings is 2. The molecule has 3 aromatic rings. The van der Waals surface area contributed by atoms with Crippen LogP contribution in [0.5, 0.6) is 0 Å². The first-order valence-corrected chi connectivity index (χ1v) is 8.31. The highest BCUT2D eigenvalue weighted by Gasteiger charge is 2.18. The van der Waals surface area contributed by atoms with Crippen LogP contribution in [-0.4, -0.2) is 11.0 Å². The van der Waals surface area contributed by atoms with Gasteiger partial charge in [0.25, 0.3) is 5.69 Å². The Kier molecular flexibility index (Phi) is 5.06. The Morgan fingerprint density at radius 1 is 1.12 bits per heavy atom. The number of hydrogen-bond acceptors (Lipinski definition) is 5. The van der Waals surface area contributed by atoms with Crippen molar-refractivity contribution in [2.75, 3.05) is 5.32 Å². The molecule has 0 saturated heterocycles. The van der Waals surface area contributed by atoms with Gasteiger partial charge >= 0.3 is 6.09 Å². The van der Waals surface area contributed by atoms with Crippen LogP contribution in [0.2, 0.25) is 0 Å². The minimum Gasteiger partial charge on any atom is -0.444 e. The fourth-order valence-electron chi connectivity index (χ4n) is 2.25. The number of ether oxygens (including phenoxy) is 1.